The normalized spacial score (nSPS) is 11.6. The van der Waals surface area contributed by atoms with Gasteiger partial charge in [-0.05, 0) is 33.6 Å². The van der Waals surface area contributed by atoms with Gasteiger partial charge in [0.2, 0.25) is 0 Å². The van der Waals surface area contributed by atoms with Gasteiger partial charge in [-0.3, -0.25) is 4.79 Å². The van der Waals surface area contributed by atoms with Crippen LogP contribution in [0.1, 0.15) is 47.0 Å². The number of carbonyl (C=O) groups excluding carboxylic acids is 1. The van der Waals surface area contributed by atoms with Crippen molar-refractivity contribution in [2.75, 3.05) is 26.4 Å². The molecule has 0 aromatic heterocycles. The molecule has 0 aliphatic heterocycles. The molecule has 0 spiro atoms. The molecule has 0 radical (unpaired) electrons. The fourth-order valence-electron chi connectivity index (χ4n) is 1.75. The van der Waals surface area contributed by atoms with E-state index in [4.69, 9.17) is 18.0 Å². The van der Waals surface area contributed by atoms with Crippen LogP contribution in [-0.2, 0) is 22.8 Å². The number of esters is 1. The number of rotatable bonds is 12. The van der Waals surface area contributed by atoms with Gasteiger partial charge < -0.3 is 18.0 Å². The molecule has 0 aliphatic rings. The van der Waals surface area contributed by atoms with Crippen LogP contribution in [0.25, 0.3) is 0 Å². The van der Waals surface area contributed by atoms with Gasteiger partial charge in [-0.25, -0.2) is 0 Å². The number of hydrogen-bond donors (Lipinski definition) is 0. The Morgan fingerprint density at radius 2 is 1.47 bits per heavy atom. The lowest BCUT2D eigenvalue weighted by atomic mass is 10.3. The first-order valence-electron chi connectivity index (χ1n) is 7.21. The van der Waals surface area contributed by atoms with Crippen LogP contribution in [0.3, 0.4) is 0 Å². The third-order valence-corrected chi connectivity index (χ3v) is 5.59. The Hall–Kier alpha value is -0.433. The highest BCUT2D eigenvalue weighted by Crippen LogP contribution is 2.18. The Balaban J connectivity index is 4.13. The molecular formula is C13H28O5Si. The lowest BCUT2D eigenvalue weighted by Crippen LogP contribution is -2.46. The van der Waals surface area contributed by atoms with Crippen LogP contribution in [0.5, 0.6) is 0 Å². The first-order chi connectivity index (χ1) is 9.14. The molecule has 0 heterocycles. The van der Waals surface area contributed by atoms with Gasteiger partial charge in [0.25, 0.3) is 0 Å². The minimum absolute atomic E-state index is 0.140. The standard InChI is InChI=1S/C13H28O5Si/c1-5-10-13(14)15-11-9-12-19(16-6-2,17-7-3)18-8-4/h5-12H2,1-4H3. The molecule has 0 saturated carbocycles. The van der Waals surface area contributed by atoms with Crippen LogP contribution in [0.4, 0.5) is 0 Å². The van der Waals surface area contributed by atoms with Crippen LogP contribution in [0, 0.1) is 0 Å². The van der Waals surface area contributed by atoms with Crippen molar-refractivity contribution in [2.45, 2.75) is 53.0 Å². The van der Waals surface area contributed by atoms with E-state index in [-0.39, 0.29) is 5.97 Å². The smallest absolute Gasteiger partial charge is 0.466 e. The topological polar surface area (TPSA) is 54.0 Å². The van der Waals surface area contributed by atoms with Crippen LogP contribution < -0.4 is 0 Å². The van der Waals surface area contributed by atoms with E-state index in [1.54, 1.807) is 0 Å². The maximum Gasteiger partial charge on any atom is 0.501 e. The van der Waals surface area contributed by atoms with Crippen LogP contribution in [0.2, 0.25) is 6.04 Å². The van der Waals surface area contributed by atoms with Crippen molar-refractivity contribution < 1.29 is 22.8 Å². The molecule has 5 nitrogen and oxygen atoms in total. The molecule has 0 bridgehead atoms. The third-order valence-electron chi connectivity index (χ3n) is 2.44. The maximum atomic E-state index is 11.2. The second-order valence-corrected chi connectivity index (χ2v) is 6.79. The number of ether oxygens (including phenoxy) is 1. The van der Waals surface area contributed by atoms with E-state index in [9.17, 15) is 4.79 Å². The van der Waals surface area contributed by atoms with E-state index in [1.165, 1.54) is 0 Å². The zero-order valence-corrected chi connectivity index (χ0v) is 13.7. The summed E-state index contributed by atoms with van der Waals surface area (Å²) in [6.07, 6.45) is 2.00. The van der Waals surface area contributed by atoms with Crippen molar-refractivity contribution in [1.29, 1.82) is 0 Å². The lowest BCUT2D eigenvalue weighted by molar-refractivity contribution is -0.143. The minimum atomic E-state index is -2.58. The second kappa shape index (κ2) is 11.4. The summed E-state index contributed by atoms with van der Waals surface area (Å²) in [6.45, 7) is 9.87. The second-order valence-electron chi connectivity index (χ2n) is 4.06. The SMILES string of the molecule is CCCC(=O)OCCC[Si](OCC)(OCC)OCC. The predicted octanol–water partition coefficient (Wildman–Crippen LogP) is 2.77. The molecule has 0 aromatic carbocycles. The highest BCUT2D eigenvalue weighted by atomic mass is 28.4. The predicted molar refractivity (Wildman–Crippen MR) is 75.9 cm³/mol. The van der Waals surface area contributed by atoms with Crippen molar-refractivity contribution in [3.63, 3.8) is 0 Å². The van der Waals surface area contributed by atoms with Crippen molar-refractivity contribution in [3.8, 4) is 0 Å². The lowest BCUT2D eigenvalue weighted by Gasteiger charge is -2.28. The Kier molecular flexibility index (Phi) is 11.1. The Labute approximate surface area is 117 Å². The van der Waals surface area contributed by atoms with E-state index >= 15 is 0 Å². The van der Waals surface area contributed by atoms with E-state index in [0.717, 1.165) is 6.42 Å². The largest absolute Gasteiger partial charge is 0.501 e. The summed E-state index contributed by atoms with van der Waals surface area (Å²) < 4.78 is 22.3. The van der Waals surface area contributed by atoms with Gasteiger partial charge in [0.15, 0.2) is 0 Å². The average molecular weight is 292 g/mol. The molecule has 0 unspecified atom stereocenters. The van der Waals surface area contributed by atoms with Gasteiger partial charge >= 0.3 is 14.8 Å². The van der Waals surface area contributed by atoms with Crippen molar-refractivity contribution >= 4 is 14.8 Å². The molecule has 19 heavy (non-hydrogen) atoms. The van der Waals surface area contributed by atoms with E-state index in [1.807, 2.05) is 27.7 Å². The molecule has 0 atom stereocenters. The van der Waals surface area contributed by atoms with Crippen molar-refractivity contribution in [1.82, 2.24) is 0 Å². The zero-order chi connectivity index (χ0) is 14.6. The van der Waals surface area contributed by atoms with Crippen molar-refractivity contribution in [3.05, 3.63) is 0 Å². The van der Waals surface area contributed by atoms with Gasteiger partial charge in [-0.15, -0.1) is 0 Å². The fourth-order valence-corrected chi connectivity index (χ4v) is 4.33. The van der Waals surface area contributed by atoms with Gasteiger partial charge in [0, 0.05) is 32.3 Å². The summed E-state index contributed by atoms with van der Waals surface area (Å²) in [5.41, 5.74) is 0. The van der Waals surface area contributed by atoms with Crippen LogP contribution >= 0.6 is 0 Å². The molecule has 0 N–H and O–H groups in total. The molecule has 0 saturated heterocycles. The summed E-state index contributed by atoms with van der Waals surface area (Å²) in [5.74, 6) is -0.140. The highest BCUT2D eigenvalue weighted by Gasteiger charge is 2.39. The van der Waals surface area contributed by atoms with E-state index in [0.29, 0.717) is 45.3 Å². The zero-order valence-electron chi connectivity index (χ0n) is 12.7. The Morgan fingerprint density at radius 1 is 0.947 bits per heavy atom. The molecule has 0 rings (SSSR count). The molecule has 0 aromatic rings. The number of carbonyl (C=O) groups is 1. The van der Waals surface area contributed by atoms with Crippen LogP contribution in [-0.4, -0.2) is 41.2 Å². The van der Waals surface area contributed by atoms with Crippen molar-refractivity contribution in [2.24, 2.45) is 0 Å². The monoisotopic (exact) mass is 292 g/mol. The molecular weight excluding hydrogens is 264 g/mol. The average Bonchev–Trinajstić information content (AvgIpc) is 2.36. The highest BCUT2D eigenvalue weighted by molar-refractivity contribution is 6.60. The number of hydrogen-bond acceptors (Lipinski definition) is 5. The van der Waals surface area contributed by atoms with Gasteiger partial charge in [0.05, 0.1) is 6.61 Å². The minimum Gasteiger partial charge on any atom is -0.466 e. The summed E-state index contributed by atoms with van der Waals surface area (Å²) in [6, 6.07) is 0.682. The van der Waals surface area contributed by atoms with E-state index in [2.05, 4.69) is 0 Å². The molecule has 6 heteroatoms. The first kappa shape index (κ1) is 18.6. The van der Waals surface area contributed by atoms with Crippen LogP contribution in [0.15, 0.2) is 0 Å². The first-order valence-corrected chi connectivity index (χ1v) is 9.14. The van der Waals surface area contributed by atoms with Gasteiger partial charge in [-0.1, -0.05) is 6.92 Å². The van der Waals surface area contributed by atoms with E-state index < -0.39 is 8.80 Å². The van der Waals surface area contributed by atoms with Gasteiger partial charge in [0.1, 0.15) is 0 Å². The molecule has 0 aliphatic carbocycles. The Bertz CT molecular complexity index is 218. The summed E-state index contributed by atoms with van der Waals surface area (Å²) in [4.78, 5) is 11.2. The fraction of sp³-hybridized carbons (Fsp3) is 0.923. The quantitative estimate of drug-likeness (QED) is 0.314. The summed E-state index contributed by atoms with van der Waals surface area (Å²) in [5, 5.41) is 0. The summed E-state index contributed by atoms with van der Waals surface area (Å²) >= 11 is 0. The molecule has 0 amide bonds. The molecule has 0 fully saturated rings. The molecule has 114 valence electrons. The Morgan fingerprint density at radius 3 is 1.89 bits per heavy atom. The summed E-state index contributed by atoms with van der Waals surface area (Å²) in [7, 11) is -2.58. The third kappa shape index (κ3) is 8.36. The maximum absolute atomic E-state index is 11.2. The van der Waals surface area contributed by atoms with Gasteiger partial charge in [-0.2, -0.15) is 0 Å².